The van der Waals surface area contributed by atoms with Gasteiger partial charge in [0.15, 0.2) is 6.10 Å². The smallest absolute Gasteiger partial charge is 0.460 e. The van der Waals surface area contributed by atoms with Crippen LogP contribution in [0.4, 0.5) is 39.5 Å². The van der Waals surface area contributed by atoms with Gasteiger partial charge < -0.3 is 4.74 Å². The molecule has 0 spiro atoms. The maximum atomic E-state index is 14.1. The van der Waals surface area contributed by atoms with Crippen molar-refractivity contribution in [2.24, 2.45) is 0 Å². The van der Waals surface area contributed by atoms with Crippen LogP contribution in [0, 0.1) is 0 Å². The second kappa shape index (κ2) is 7.10. The molecule has 1 aliphatic heterocycles. The van der Waals surface area contributed by atoms with Crippen molar-refractivity contribution in [3.8, 4) is 5.75 Å². The zero-order chi connectivity index (χ0) is 22.5. The number of hydrogen-bond acceptors (Lipinski definition) is 2. The maximum absolute atomic E-state index is 14.1. The molecular weight excluding hydrogens is 433 g/mol. The second-order valence-electron chi connectivity index (χ2n) is 6.24. The number of alkyl halides is 9. The highest BCUT2D eigenvalue weighted by molar-refractivity contribution is 5.73. The first-order chi connectivity index (χ1) is 13.8. The molecule has 162 valence electrons. The van der Waals surface area contributed by atoms with E-state index in [2.05, 4.69) is 0 Å². The average Bonchev–Trinajstić information content (AvgIpc) is 2.66. The van der Waals surface area contributed by atoms with Gasteiger partial charge in [-0.2, -0.15) is 30.7 Å². The topological polar surface area (TPSA) is 31.2 Å². The van der Waals surface area contributed by atoms with Crippen LogP contribution in [0.3, 0.4) is 0 Å². The summed E-state index contributed by atoms with van der Waals surface area (Å²) in [7, 11) is 0. The van der Waals surface area contributed by atoms with Crippen molar-refractivity contribution in [3.63, 3.8) is 0 Å². The highest BCUT2D eigenvalue weighted by Gasteiger charge is 2.73. The van der Waals surface area contributed by atoms with Gasteiger partial charge in [-0.3, -0.25) is 9.36 Å². The van der Waals surface area contributed by atoms with Crippen molar-refractivity contribution < 1.29 is 44.3 Å². The number of fused-ring (bicyclic) bond motifs is 1. The van der Waals surface area contributed by atoms with Crippen LogP contribution >= 0.6 is 0 Å². The minimum absolute atomic E-state index is 0.220. The molecule has 2 heterocycles. The Bertz CT molecular complexity index is 1040. The molecule has 3 rings (SSSR count). The van der Waals surface area contributed by atoms with Crippen molar-refractivity contribution in [1.82, 2.24) is 4.57 Å². The van der Waals surface area contributed by atoms with Gasteiger partial charge in [0, 0.05) is 23.4 Å². The van der Waals surface area contributed by atoms with Crippen LogP contribution in [0.5, 0.6) is 5.75 Å². The lowest BCUT2D eigenvalue weighted by molar-refractivity contribution is -0.359. The predicted molar refractivity (Wildman–Crippen MR) is 85.8 cm³/mol. The molecule has 1 atom stereocenters. The summed E-state index contributed by atoms with van der Waals surface area (Å²) in [6.45, 7) is 0. The molecule has 0 radical (unpaired) electrons. The molecule has 2 aromatic rings. The quantitative estimate of drug-likeness (QED) is 0.620. The minimum atomic E-state index is -6.56. The third kappa shape index (κ3) is 3.43. The Balaban J connectivity index is 2.21. The van der Waals surface area contributed by atoms with Gasteiger partial charge in [0.05, 0.1) is 5.70 Å². The largest absolute Gasteiger partial charge is 0.480 e. The fourth-order valence-electron chi connectivity index (χ4n) is 2.77. The summed E-state index contributed by atoms with van der Waals surface area (Å²) < 4.78 is 124. The normalized spacial score (nSPS) is 17.4. The van der Waals surface area contributed by atoms with Crippen LogP contribution in [0.25, 0.3) is 5.70 Å². The second-order valence-corrected chi connectivity index (χ2v) is 6.24. The number of ether oxygens (including phenoxy) is 1. The van der Waals surface area contributed by atoms with Crippen molar-refractivity contribution >= 4 is 5.70 Å². The number of benzene rings is 1. The van der Waals surface area contributed by atoms with Gasteiger partial charge in [-0.25, -0.2) is 8.78 Å². The van der Waals surface area contributed by atoms with Crippen LogP contribution in [0.1, 0.15) is 11.1 Å². The minimum Gasteiger partial charge on any atom is -0.480 e. The predicted octanol–water partition coefficient (Wildman–Crippen LogP) is 5.05. The summed E-state index contributed by atoms with van der Waals surface area (Å²) in [5, 5.41) is 0. The van der Waals surface area contributed by atoms with E-state index in [-0.39, 0.29) is 12.1 Å². The number of hydrogen-bond donors (Lipinski definition) is 0. The highest BCUT2D eigenvalue weighted by Crippen LogP contribution is 2.52. The number of rotatable bonds is 4. The summed E-state index contributed by atoms with van der Waals surface area (Å²) in [5.74, 6) is -12.6. The Morgan fingerprint density at radius 2 is 1.63 bits per heavy atom. The van der Waals surface area contributed by atoms with Gasteiger partial charge in [0.25, 0.3) is 12.0 Å². The van der Waals surface area contributed by atoms with Crippen molar-refractivity contribution in [1.29, 1.82) is 0 Å². The Labute approximate surface area is 162 Å². The average molecular weight is 443 g/mol. The van der Waals surface area contributed by atoms with E-state index < -0.39 is 58.7 Å². The fraction of sp³-hybridized carbons (Fsp3) is 0.278. The van der Waals surface area contributed by atoms with E-state index in [4.69, 9.17) is 4.74 Å². The molecule has 0 bridgehead atoms. The van der Waals surface area contributed by atoms with Gasteiger partial charge in [-0.05, 0) is 30.3 Å². The molecule has 0 aliphatic carbocycles. The molecule has 1 aliphatic rings. The van der Waals surface area contributed by atoms with E-state index >= 15 is 0 Å². The van der Waals surface area contributed by atoms with Gasteiger partial charge in [-0.1, -0.05) is 6.07 Å². The maximum Gasteiger partial charge on any atom is 0.460 e. The lowest BCUT2D eigenvalue weighted by atomic mass is 9.96. The van der Waals surface area contributed by atoms with Gasteiger partial charge in [0.1, 0.15) is 5.75 Å². The summed E-state index contributed by atoms with van der Waals surface area (Å²) in [5.41, 5.74) is -3.49. The Morgan fingerprint density at radius 1 is 0.967 bits per heavy atom. The zero-order valence-corrected chi connectivity index (χ0v) is 14.4. The van der Waals surface area contributed by atoms with Crippen LogP contribution in [0.15, 0.2) is 53.5 Å². The van der Waals surface area contributed by atoms with Crippen LogP contribution < -0.4 is 10.3 Å². The van der Waals surface area contributed by atoms with E-state index in [1.165, 1.54) is 12.1 Å². The van der Waals surface area contributed by atoms with E-state index in [1.807, 2.05) is 0 Å². The lowest BCUT2D eigenvalue weighted by Crippen LogP contribution is -2.50. The molecule has 12 heteroatoms. The van der Waals surface area contributed by atoms with E-state index in [0.717, 1.165) is 16.8 Å². The van der Waals surface area contributed by atoms with E-state index in [1.54, 1.807) is 0 Å². The molecule has 0 saturated carbocycles. The van der Waals surface area contributed by atoms with Crippen molar-refractivity contribution in [2.75, 3.05) is 0 Å². The molecule has 1 aromatic carbocycles. The molecule has 0 fully saturated rings. The lowest BCUT2D eigenvalue weighted by Gasteiger charge is -2.30. The number of aromatic nitrogens is 1. The van der Waals surface area contributed by atoms with Crippen LogP contribution in [-0.2, 0) is 5.92 Å². The zero-order valence-electron chi connectivity index (χ0n) is 14.4. The van der Waals surface area contributed by atoms with Crippen LogP contribution in [0.2, 0.25) is 0 Å². The van der Waals surface area contributed by atoms with Gasteiger partial charge >= 0.3 is 18.0 Å². The number of nitrogens with zero attached hydrogens (tertiary/aromatic N) is 1. The summed E-state index contributed by atoms with van der Waals surface area (Å²) in [4.78, 5) is 12.1. The number of pyridine rings is 1. The molecule has 0 amide bonds. The molecule has 1 unspecified atom stereocenters. The summed E-state index contributed by atoms with van der Waals surface area (Å²) in [6.07, 6.45) is -9.80. The Hall–Kier alpha value is -2.92. The molecule has 30 heavy (non-hydrogen) atoms. The third-order valence-corrected chi connectivity index (χ3v) is 4.28. The van der Waals surface area contributed by atoms with E-state index in [0.29, 0.717) is 12.1 Å². The molecule has 0 saturated heterocycles. The summed E-state index contributed by atoms with van der Waals surface area (Å²) >= 11 is 0. The Morgan fingerprint density at radius 3 is 2.20 bits per heavy atom. The van der Waals surface area contributed by atoms with Gasteiger partial charge in [-0.15, -0.1) is 0 Å². The first kappa shape index (κ1) is 21.8. The van der Waals surface area contributed by atoms with Crippen molar-refractivity contribution in [2.45, 2.75) is 30.6 Å². The standard InChI is InChI=1S/C18H10F9NO2/c19-15(20)13-8-11(28-6-2-1-3-14(28)29)10-7-9(4-5-12(10)30-13)16(21,22)17(23,24)18(25,26)27/h1-8,13,15H. The third-order valence-electron chi connectivity index (χ3n) is 4.28. The Kier molecular flexibility index (Phi) is 5.15. The molecule has 3 nitrogen and oxygen atoms in total. The monoisotopic (exact) mass is 443 g/mol. The van der Waals surface area contributed by atoms with E-state index in [9.17, 15) is 44.3 Å². The van der Waals surface area contributed by atoms with Crippen LogP contribution in [-0.4, -0.2) is 29.2 Å². The highest BCUT2D eigenvalue weighted by atomic mass is 19.4. The molecular formula is C18H10F9NO2. The first-order valence-corrected chi connectivity index (χ1v) is 8.09. The number of halogens is 9. The van der Waals surface area contributed by atoms with Crippen molar-refractivity contribution in [3.05, 3.63) is 70.2 Å². The van der Waals surface area contributed by atoms with Gasteiger partial charge in [0.2, 0.25) is 0 Å². The summed E-state index contributed by atoms with van der Waals surface area (Å²) in [6, 6.07) is 4.63. The molecule has 1 aromatic heterocycles. The molecule has 0 N–H and O–H groups in total. The first-order valence-electron chi connectivity index (χ1n) is 8.09. The SMILES string of the molecule is O=c1ccccn1C1=CC(C(F)F)Oc2ccc(C(F)(F)C(F)(F)C(F)(F)F)cc21. The fourth-order valence-corrected chi connectivity index (χ4v) is 2.77.